The summed E-state index contributed by atoms with van der Waals surface area (Å²) in [5.74, 6) is -0.211. The van der Waals surface area contributed by atoms with Crippen LogP contribution < -0.4 is 11.1 Å². The van der Waals surface area contributed by atoms with Crippen molar-refractivity contribution in [1.82, 2.24) is 5.32 Å². The van der Waals surface area contributed by atoms with Crippen LogP contribution in [0, 0.1) is 5.41 Å². The lowest BCUT2D eigenvalue weighted by Gasteiger charge is -2.35. The molecule has 2 atom stereocenters. The van der Waals surface area contributed by atoms with E-state index in [1.807, 2.05) is 0 Å². The molecule has 2 unspecified atom stereocenters. The molecule has 2 aliphatic rings. The Kier molecular flexibility index (Phi) is 1.81. The van der Waals surface area contributed by atoms with Crippen molar-refractivity contribution in [2.75, 3.05) is 19.7 Å². The van der Waals surface area contributed by atoms with Crippen LogP contribution in [0.2, 0.25) is 0 Å². The van der Waals surface area contributed by atoms with Crippen molar-refractivity contribution in [2.45, 2.75) is 18.9 Å². The van der Waals surface area contributed by atoms with E-state index in [0.717, 1.165) is 26.0 Å². The van der Waals surface area contributed by atoms with E-state index in [0.29, 0.717) is 6.54 Å². The zero-order chi connectivity index (χ0) is 8.60. The highest BCUT2D eigenvalue weighted by atomic mass is 16.5. The molecule has 0 spiro atoms. The summed E-state index contributed by atoms with van der Waals surface area (Å²) in [6, 6.07) is 0. The second-order valence-corrected chi connectivity index (χ2v) is 3.61. The lowest BCUT2D eigenvalue weighted by Crippen LogP contribution is -2.49. The fraction of sp³-hybridized carbons (Fsp3) is 0.875. The number of nitrogens with one attached hydrogen (secondary N) is 1. The van der Waals surface area contributed by atoms with Gasteiger partial charge in [0.05, 0.1) is 11.5 Å². The van der Waals surface area contributed by atoms with Gasteiger partial charge in [0, 0.05) is 19.7 Å². The standard InChI is InChI=1S/C8H14N2O2/c9-7(11)8-2-1-3-12-6(8)4-10-5-8/h6,10H,1-5H2,(H2,9,11). The van der Waals surface area contributed by atoms with Crippen molar-refractivity contribution in [2.24, 2.45) is 11.1 Å². The second-order valence-electron chi connectivity index (χ2n) is 3.61. The van der Waals surface area contributed by atoms with Crippen molar-refractivity contribution in [3.63, 3.8) is 0 Å². The molecule has 0 aromatic rings. The topological polar surface area (TPSA) is 64.4 Å². The summed E-state index contributed by atoms with van der Waals surface area (Å²) in [6.07, 6.45) is 1.84. The van der Waals surface area contributed by atoms with E-state index >= 15 is 0 Å². The van der Waals surface area contributed by atoms with Crippen LogP contribution in [0.4, 0.5) is 0 Å². The minimum atomic E-state index is -0.405. The molecule has 12 heavy (non-hydrogen) atoms. The van der Waals surface area contributed by atoms with Gasteiger partial charge in [-0.2, -0.15) is 0 Å². The summed E-state index contributed by atoms with van der Waals surface area (Å²) in [4.78, 5) is 11.3. The predicted octanol–water partition coefficient (Wildman–Crippen LogP) is -0.760. The Labute approximate surface area is 71.4 Å². The highest BCUT2D eigenvalue weighted by Gasteiger charge is 2.50. The van der Waals surface area contributed by atoms with E-state index in [1.165, 1.54) is 0 Å². The highest BCUT2D eigenvalue weighted by molar-refractivity contribution is 5.82. The number of fused-ring (bicyclic) bond motifs is 1. The number of nitrogens with two attached hydrogens (primary N) is 1. The highest BCUT2D eigenvalue weighted by Crippen LogP contribution is 2.36. The number of hydrogen-bond acceptors (Lipinski definition) is 3. The molecule has 0 aromatic heterocycles. The first kappa shape index (κ1) is 8.01. The molecule has 3 N–H and O–H groups in total. The van der Waals surface area contributed by atoms with Gasteiger partial charge in [-0.3, -0.25) is 4.79 Å². The van der Waals surface area contributed by atoms with Gasteiger partial charge in [-0.1, -0.05) is 0 Å². The van der Waals surface area contributed by atoms with Crippen LogP contribution >= 0.6 is 0 Å². The molecule has 0 aromatic carbocycles. The maximum atomic E-state index is 11.3. The predicted molar refractivity (Wildman–Crippen MR) is 43.5 cm³/mol. The van der Waals surface area contributed by atoms with E-state index in [1.54, 1.807) is 0 Å². The van der Waals surface area contributed by atoms with Gasteiger partial charge >= 0.3 is 0 Å². The molecule has 0 saturated carbocycles. The lowest BCUT2D eigenvalue weighted by molar-refractivity contribution is -0.139. The molecule has 2 aliphatic heterocycles. The number of amides is 1. The first-order valence-electron chi connectivity index (χ1n) is 4.38. The number of carbonyl (C=O) groups excluding carboxylic acids is 1. The fourth-order valence-electron chi connectivity index (χ4n) is 2.19. The molecule has 4 nitrogen and oxygen atoms in total. The minimum absolute atomic E-state index is 0.0174. The fourth-order valence-corrected chi connectivity index (χ4v) is 2.19. The summed E-state index contributed by atoms with van der Waals surface area (Å²) in [7, 11) is 0. The molecular weight excluding hydrogens is 156 g/mol. The van der Waals surface area contributed by atoms with Crippen LogP contribution in [0.25, 0.3) is 0 Å². The van der Waals surface area contributed by atoms with Crippen LogP contribution in [0.5, 0.6) is 0 Å². The number of ether oxygens (including phenoxy) is 1. The Bertz CT molecular complexity index is 207. The van der Waals surface area contributed by atoms with E-state index in [-0.39, 0.29) is 12.0 Å². The summed E-state index contributed by atoms with van der Waals surface area (Å²) in [5.41, 5.74) is 4.98. The zero-order valence-corrected chi connectivity index (χ0v) is 7.01. The molecule has 2 saturated heterocycles. The second kappa shape index (κ2) is 2.71. The summed E-state index contributed by atoms with van der Waals surface area (Å²) >= 11 is 0. The van der Waals surface area contributed by atoms with Crippen LogP contribution in [0.3, 0.4) is 0 Å². The van der Waals surface area contributed by atoms with Crippen molar-refractivity contribution >= 4 is 5.91 Å². The minimum Gasteiger partial charge on any atom is -0.376 e. The SMILES string of the molecule is NC(=O)C12CCCOC1CNC2. The third kappa shape index (κ3) is 0.949. The van der Waals surface area contributed by atoms with E-state index < -0.39 is 5.41 Å². The summed E-state index contributed by atoms with van der Waals surface area (Å²) < 4.78 is 5.50. The van der Waals surface area contributed by atoms with Crippen molar-refractivity contribution in [1.29, 1.82) is 0 Å². The lowest BCUT2D eigenvalue weighted by atomic mass is 9.78. The van der Waals surface area contributed by atoms with Crippen LogP contribution in [0.1, 0.15) is 12.8 Å². The molecule has 2 fully saturated rings. The smallest absolute Gasteiger partial charge is 0.227 e. The van der Waals surface area contributed by atoms with E-state index in [9.17, 15) is 4.79 Å². The normalized spacial score (nSPS) is 40.8. The molecular formula is C8H14N2O2. The molecule has 4 heteroatoms. The average molecular weight is 170 g/mol. The Morgan fingerprint density at radius 1 is 1.67 bits per heavy atom. The third-order valence-corrected chi connectivity index (χ3v) is 2.96. The Balaban J connectivity index is 2.23. The Morgan fingerprint density at radius 2 is 2.50 bits per heavy atom. The van der Waals surface area contributed by atoms with Gasteiger partial charge in [0.2, 0.25) is 5.91 Å². The Hall–Kier alpha value is -0.610. The van der Waals surface area contributed by atoms with Crippen molar-refractivity contribution < 1.29 is 9.53 Å². The quantitative estimate of drug-likeness (QED) is 0.543. The number of rotatable bonds is 1. The molecule has 68 valence electrons. The maximum Gasteiger partial charge on any atom is 0.227 e. The monoisotopic (exact) mass is 170 g/mol. The first-order valence-corrected chi connectivity index (χ1v) is 4.38. The summed E-state index contributed by atoms with van der Waals surface area (Å²) in [6.45, 7) is 2.22. The van der Waals surface area contributed by atoms with Gasteiger partial charge in [0.1, 0.15) is 0 Å². The van der Waals surface area contributed by atoms with Crippen molar-refractivity contribution in [3.05, 3.63) is 0 Å². The van der Waals surface area contributed by atoms with Gasteiger partial charge in [-0.05, 0) is 12.8 Å². The number of carbonyl (C=O) groups is 1. The molecule has 2 rings (SSSR count). The van der Waals surface area contributed by atoms with Gasteiger partial charge in [0.25, 0.3) is 0 Å². The number of primary amides is 1. The van der Waals surface area contributed by atoms with E-state index in [2.05, 4.69) is 5.32 Å². The van der Waals surface area contributed by atoms with E-state index in [4.69, 9.17) is 10.5 Å². The third-order valence-electron chi connectivity index (χ3n) is 2.96. The van der Waals surface area contributed by atoms with Gasteiger partial charge < -0.3 is 15.8 Å². The largest absolute Gasteiger partial charge is 0.376 e. The van der Waals surface area contributed by atoms with Crippen LogP contribution in [0.15, 0.2) is 0 Å². The molecule has 2 heterocycles. The van der Waals surface area contributed by atoms with Crippen molar-refractivity contribution in [3.8, 4) is 0 Å². The van der Waals surface area contributed by atoms with Crippen LogP contribution in [-0.4, -0.2) is 31.7 Å². The average Bonchev–Trinajstić information content (AvgIpc) is 2.48. The molecule has 1 amide bonds. The molecule has 0 bridgehead atoms. The maximum absolute atomic E-state index is 11.3. The zero-order valence-electron chi connectivity index (χ0n) is 7.01. The number of hydrogen-bond donors (Lipinski definition) is 2. The summed E-state index contributed by atoms with van der Waals surface area (Å²) in [5, 5.41) is 3.16. The Morgan fingerprint density at radius 3 is 3.17 bits per heavy atom. The van der Waals surface area contributed by atoms with Crippen LogP contribution in [-0.2, 0) is 9.53 Å². The molecule has 0 radical (unpaired) electrons. The van der Waals surface area contributed by atoms with Gasteiger partial charge in [-0.25, -0.2) is 0 Å². The van der Waals surface area contributed by atoms with Gasteiger partial charge in [-0.15, -0.1) is 0 Å². The molecule has 0 aliphatic carbocycles. The first-order chi connectivity index (χ1) is 5.76. The van der Waals surface area contributed by atoms with Gasteiger partial charge in [0.15, 0.2) is 0 Å².